The number of carbonyl (C=O) groups is 2. The van der Waals surface area contributed by atoms with Gasteiger partial charge in [0.25, 0.3) is 0 Å². The zero-order valence-corrected chi connectivity index (χ0v) is 12.7. The molecule has 0 saturated carbocycles. The Balaban J connectivity index is 0. The van der Waals surface area contributed by atoms with Gasteiger partial charge in [0, 0.05) is 0 Å². The van der Waals surface area contributed by atoms with Gasteiger partial charge in [-0.05, 0) is 11.8 Å². The molecule has 0 amide bonds. The molecule has 114 valence electrons. The van der Waals surface area contributed by atoms with E-state index in [2.05, 4.69) is 6.92 Å². The van der Waals surface area contributed by atoms with Gasteiger partial charge in [0.2, 0.25) is 0 Å². The van der Waals surface area contributed by atoms with Gasteiger partial charge in [-0.25, -0.2) is 0 Å². The second-order valence-corrected chi connectivity index (χ2v) is 6.28. The second kappa shape index (κ2) is 9.47. The molecular weight excluding hydrogens is 251 g/mol. The predicted octanol–water partition coefficient (Wildman–Crippen LogP) is 3.29. The number of carboxylic acids is 2. The summed E-state index contributed by atoms with van der Waals surface area (Å²) in [7, 11) is 0. The summed E-state index contributed by atoms with van der Waals surface area (Å²) in [4.78, 5) is 23.0. The Hall–Kier alpha value is -0.463. The molecule has 0 unspecified atom stereocenters. The molecule has 0 aromatic heterocycles. The van der Waals surface area contributed by atoms with E-state index in [0.717, 1.165) is 25.7 Å². The molecule has 20 heavy (non-hydrogen) atoms. The molecule has 0 aliphatic rings. The molecule has 0 heterocycles. The normalized spacial score (nSPS) is 11.8. The quantitative estimate of drug-likeness (QED) is 0.386. The SMILES string of the molecule is CCCCCCCCC(C(=O)O)(C(=O)O)C(C)(C)C.[LiH]. The van der Waals surface area contributed by atoms with E-state index in [9.17, 15) is 19.8 Å². The van der Waals surface area contributed by atoms with Crippen molar-refractivity contribution < 1.29 is 19.8 Å². The van der Waals surface area contributed by atoms with Crippen LogP contribution in [0, 0.1) is 10.8 Å². The van der Waals surface area contributed by atoms with Crippen molar-refractivity contribution in [2.24, 2.45) is 10.8 Å². The first-order chi connectivity index (χ1) is 8.70. The number of carboxylic acid groups (broad SMARTS) is 2. The van der Waals surface area contributed by atoms with Crippen LogP contribution >= 0.6 is 0 Å². The fourth-order valence-electron chi connectivity index (χ4n) is 2.49. The molecule has 0 radical (unpaired) electrons. The van der Waals surface area contributed by atoms with Crippen LogP contribution in [-0.2, 0) is 9.59 Å². The summed E-state index contributed by atoms with van der Waals surface area (Å²) in [6.07, 6.45) is 6.29. The fraction of sp³-hybridized carbons (Fsp3) is 0.867. The van der Waals surface area contributed by atoms with Crippen LogP contribution in [0.25, 0.3) is 0 Å². The van der Waals surface area contributed by atoms with E-state index < -0.39 is 22.8 Å². The molecule has 0 fully saturated rings. The molecule has 5 heteroatoms. The average molecular weight is 280 g/mol. The number of hydrogen-bond donors (Lipinski definition) is 2. The van der Waals surface area contributed by atoms with E-state index in [0.29, 0.717) is 6.42 Å². The van der Waals surface area contributed by atoms with Gasteiger partial charge in [-0.3, -0.25) is 9.59 Å². The van der Waals surface area contributed by atoms with Crippen molar-refractivity contribution in [3.8, 4) is 0 Å². The number of unbranched alkanes of at least 4 members (excludes halogenated alkanes) is 5. The summed E-state index contributed by atoms with van der Waals surface area (Å²) in [6.45, 7) is 7.20. The molecule has 2 N–H and O–H groups in total. The van der Waals surface area contributed by atoms with Crippen molar-refractivity contribution in [3.05, 3.63) is 0 Å². The van der Waals surface area contributed by atoms with Crippen molar-refractivity contribution >= 4 is 30.8 Å². The van der Waals surface area contributed by atoms with Crippen molar-refractivity contribution in [2.75, 3.05) is 0 Å². The van der Waals surface area contributed by atoms with Gasteiger partial charge < -0.3 is 10.2 Å². The Morgan fingerprint density at radius 1 is 0.850 bits per heavy atom. The van der Waals surface area contributed by atoms with Crippen LogP contribution in [0.3, 0.4) is 0 Å². The molecule has 4 nitrogen and oxygen atoms in total. The molecule has 0 atom stereocenters. The molecule has 0 rings (SSSR count). The van der Waals surface area contributed by atoms with Gasteiger partial charge in [0.05, 0.1) is 0 Å². The fourth-order valence-corrected chi connectivity index (χ4v) is 2.49. The van der Waals surface area contributed by atoms with Crippen LogP contribution < -0.4 is 0 Å². The van der Waals surface area contributed by atoms with Crippen molar-refractivity contribution in [3.63, 3.8) is 0 Å². The average Bonchev–Trinajstić information content (AvgIpc) is 2.25. The van der Waals surface area contributed by atoms with E-state index in [4.69, 9.17) is 0 Å². The molecule has 0 spiro atoms. The molecule has 0 aliphatic carbocycles. The van der Waals surface area contributed by atoms with Crippen molar-refractivity contribution in [1.29, 1.82) is 0 Å². The summed E-state index contributed by atoms with van der Waals surface area (Å²) in [5, 5.41) is 18.8. The summed E-state index contributed by atoms with van der Waals surface area (Å²) < 4.78 is 0. The maximum absolute atomic E-state index is 11.5. The summed E-state index contributed by atoms with van der Waals surface area (Å²) in [5.41, 5.74) is -2.48. The Bertz CT molecular complexity index is 293. The minimum absolute atomic E-state index is 0. The zero-order valence-electron chi connectivity index (χ0n) is 12.7. The van der Waals surface area contributed by atoms with Crippen molar-refractivity contribution in [2.45, 2.75) is 72.6 Å². The van der Waals surface area contributed by atoms with E-state index in [-0.39, 0.29) is 25.3 Å². The van der Waals surface area contributed by atoms with Gasteiger partial charge >= 0.3 is 30.8 Å². The van der Waals surface area contributed by atoms with Crippen LogP contribution in [0.4, 0.5) is 0 Å². The van der Waals surface area contributed by atoms with Gasteiger partial charge in [0.15, 0.2) is 5.41 Å². The van der Waals surface area contributed by atoms with E-state index in [1.54, 1.807) is 20.8 Å². The third kappa shape index (κ3) is 5.50. The maximum atomic E-state index is 11.5. The van der Waals surface area contributed by atoms with Crippen LogP contribution in [-0.4, -0.2) is 41.0 Å². The van der Waals surface area contributed by atoms with Crippen LogP contribution in [0.2, 0.25) is 0 Å². The Morgan fingerprint density at radius 3 is 1.60 bits per heavy atom. The summed E-state index contributed by atoms with van der Waals surface area (Å²) in [6, 6.07) is 0. The topological polar surface area (TPSA) is 74.6 Å². The summed E-state index contributed by atoms with van der Waals surface area (Å²) >= 11 is 0. The van der Waals surface area contributed by atoms with Gasteiger partial charge in [-0.1, -0.05) is 66.2 Å². The third-order valence-corrected chi connectivity index (χ3v) is 3.92. The predicted molar refractivity (Wildman–Crippen MR) is 82.3 cm³/mol. The zero-order chi connectivity index (χ0) is 15.1. The van der Waals surface area contributed by atoms with E-state index >= 15 is 0 Å². The first-order valence-corrected chi connectivity index (χ1v) is 7.17. The van der Waals surface area contributed by atoms with E-state index in [1.807, 2.05) is 0 Å². The van der Waals surface area contributed by atoms with Gasteiger partial charge in [-0.15, -0.1) is 0 Å². The molecule has 0 aliphatic heterocycles. The standard InChI is InChI=1S/C15H28O4.Li.H/c1-5-6-7-8-9-10-11-15(12(16)17,13(18)19)14(2,3)4;;/h5-11H2,1-4H3,(H,16,17)(H,18,19);;. The first-order valence-electron chi connectivity index (χ1n) is 7.17. The first kappa shape index (κ1) is 21.8. The monoisotopic (exact) mass is 280 g/mol. The number of rotatable bonds is 9. The third-order valence-electron chi connectivity index (χ3n) is 3.92. The van der Waals surface area contributed by atoms with Gasteiger partial charge in [-0.2, -0.15) is 0 Å². The van der Waals surface area contributed by atoms with Crippen LogP contribution in [0.15, 0.2) is 0 Å². The number of hydrogen-bond acceptors (Lipinski definition) is 2. The Labute approximate surface area is 134 Å². The molecule has 0 aromatic carbocycles. The number of aliphatic carboxylic acids is 2. The van der Waals surface area contributed by atoms with Crippen molar-refractivity contribution in [1.82, 2.24) is 0 Å². The minimum atomic E-state index is -1.68. The van der Waals surface area contributed by atoms with Crippen LogP contribution in [0.5, 0.6) is 0 Å². The molecular formula is C15H29LiO4. The molecule has 0 saturated heterocycles. The summed E-state index contributed by atoms with van der Waals surface area (Å²) in [5.74, 6) is -2.44. The molecule has 0 bridgehead atoms. The van der Waals surface area contributed by atoms with Gasteiger partial charge in [0.1, 0.15) is 0 Å². The Morgan fingerprint density at radius 2 is 1.25 bits per heavy atom. The Kier molecular flexibility index (Phi) is 10.3. The molecule has 0 aromatic rings. The second-order valence-electron chi connectivity index (χ2n) is 6.28. The van der Waals surface area contributed by atoms with E-state index in [1.165, 1.54) is 6.42 Å². The van der Waals surface area contributed by atoms with Crippen LogP contribution in [0.1, 0.15) is 72.6 Å².